The lowest BCUT2D eigenvalue weighted by atomic mass is 10.2. The molecule has 0 fully saturated rings. The molecule has 0 unspecified atom stereocenters. The molecular formula is C9H8ClNO5. The molecule has 86 valence electrons. The van der Waals surface area contributed by atoms with E-state index in [1.807, 2.05) is 0 Å². The molecule has 1 aromatic rings. The third kappa shape index (κ3) is 3.18. The summed E-state index contributed by atoms with van der Waals surface area (Å²) in [6, 6.07) is 4.08. The van der Waals surface area contributed by atoms with Crippen LogP contribution in [0.5, 0.6) is 5.75 Å². The zero-order valence-corrected chi connectivity index (χ0v) is 9.06. The van der Waals surface area contributed by atoms with Crippen LogP contribution in [0.2, 0.25) is 0 Å². The first-order chi connectivity index (χ1) is 7.54. The van der Waals surface area contributed by atoms with Gasteiger partial charge in [0.25, 0.3) is 0 Å². The molecule has 0 saturated heterocycles. The number of ether oxygens (including phenoxy) is 1. The van der Waals surface area contributed by atoms with E-state index in [-0.39, 0.29) is 18.0 Å². The highest BCUT2D eigenvalue weighted by Gasteiger charge is 2.17. The first-order valence-electron chi connectivity index (χ1n) is 4.24. The van der Waals surface area contributed by atoms with Crippen LogP contribution in [-0.2, 0) is 15.7 Å². The molecule has 6 nitrogen and oxygen atoms in total. The van der Waals surface area contributed by atoms with Crippen LogP contribution in [0.1, 0.15) is 12.5 Å². The third-order valence-corrected chi connectivity index (χ3v) is 1.80. The van der Waals surface area contributed by atoms with Crippen LogP contribution in [0.3, 0.4) is 0 Å². The minimum Gasteiger partial charge on any atom is -0.419 e. The second-order valence-electron chi connectivity index (χ2n) is 2.91. The smallest absolute Gasteiger partial charge is 0.312 e. The molecular weight excluding hydrogens is 238 g/mol. The van der Waals surface area contributed by atoms with Crippen molar-refractivity contribution in [2.24, 2.45) is 0 Å². The van der Waals surface area contributed by atoms with Gasteiger partial charge in [0.1, 0.15) is 0 Å². The fraction of sp³-hybridized carbons (Fsp3) is 0.222. The normalized spacial score (nSPS) is 9.88. The van der Waals surface area contributed by atoms with Crippen LogP contribution in [0, 0.1) is 10.1 Å². The SMILES string of the molecule is CC(=O)Oc1ccc(COCl)cc1[N+](=O)[O-]. The number of esters is 1. The lowest BCUT2D eigenvalue weighted by Gasteiger charge is -2.04. The van der Waals surface area contributed by atoms with E-state index in [2.05, 4.69) is 9.03 Å². The quantitative estimate of drug-likeness (QED) is 0.352. The first kappa shape index (κ1) is 12.4. The molecule has 0 heterocycles. The van der Waals surface area contributed by atoms with Gasteiger partial charge in [-0.2, -0.15) is 0 Å². The number of hydrogen-bond donors (Lipinski definition) is 0. The van der Waals surface area contributed by atoms with Crippen LogP contribution in [-0.4, -0.2) is 10.9 Å². The summed E-state index contributed by atoms with van der Waals surface area (Å²) in [5, 5.41) is 10.7. The van der Waals surface area contributed by atoms with Crippen molar-refractivity contribution in [2.75, 3.05) is 0 Å². The molecule has 0 spiro atoms. The maximum Gasteiger partial charge on any atom is 0.312 e. The van der Waals surface area contributed by atoms with Crippen molar-refractivity contribution < 1.29 is 18.7 Å². The van der Waals surface area contributed by atoms with Gasteiger partial charge >= 0.3 is 11.7 Å². The standard InChI is InChI=1S/C9H8ClNO5/c1-6(12)16-9-3-2-7(5-15-10)4-8(9)11(13)14/h2-4H,5H2,1H3. The van der Waals surface area contributed by atoms with Crippen LogP contribution in [0.25, 0.3) is 0 Å². The van der Waals surface area contributed by atoms with Crippen LogP contribution >= 0.6 is 11.9 Å². The highest BCUT2D eigenvalue weighted by atomic mass is 35.5. The van der Waals surface area contributed by atoms with Gasteiger partial charge in [-0.1, -0.05) is 6.07 Å². The average molecular weight is 246 g/mol. The van der Waals surface area contributed by atoms with Crippen LogP contribution < -0.4 is 4.74 Å². The van der Waals surface area contributed by atoms with Gasteiger partial charge in [0.05, 0.1) is 23.4 Å². The molecule has 0 aliphatic heterocycles. The number of carbonyl (C=O) groups excluding carboxylic acids is 1. The summed E-state index contributed by atoms with van der Waals surface area (Å²) in [5.74, 6) is -0.722. The second kappa shape index (κ2) is 5.43. The van der Waals surface area contributed by atoms with Crippen molar-refractivity contribution in [3.63, 3.8) is 0 Å². The average Bonchev–Trinajstić information content (AvgIpc) is 2.19. The molecule has 0 aromatic heterocycles. The van der Waals surface area contributed by atoms with Crippen molar-refractivity contribution in [1.82, 2.24) is 0 Å². The van der Waals surface area contributed by atoms with Crippen LogP contribution in [0.15, 0.2) is 18.2 Å². The van der Waals surface area contributed by atoms with Gasteiger partial charge < -0.3 is 4.74 Å². The van der Waals surface area contributed by atoms with Gasteiger partial charge in [0.15, 0.2) is 0 Å². The first-order valence-corrected chi connectivity index (χ1v) is 4.54. The summed E-state index contributed by atoms with van der Waals surface area (Å²) in [6.45, 7) is 1.20. The summed E-state index contributed by atoms with van der Waals surface area (Å²) in [6.07, 6.45) is 0. The number of benzene rings is 1. The molecule has 7 heteroatoms. The summed E-state index contributed by atoms with van der Waals surface area (Å²) in [4.78, 5) is 20.8. The minimum absolute atomic E-state index is 0.0305. The molecule has 1 rings (SSSR count). The molecule has 0 bridgehead atoms. The van der Waals surface area contributed by atoms with E-state index in [1.165, 1.54) is 25.1 Å². The van der Waals surface area contributed by atoms with Gasteiger partial charge in [0, 0.05) is 13.0 Å². The second-order valence-corrected chi connectivity index (χ2v) is 3.12. The van der Waals surface area contributed by atoms with Gasteiger partial charge in [-0.15, -0.1) is 0 Å². The van der Waals surface area contributed by atoms with Crippen molar-refractivity contribution in [3.05, 3.63) is 33.9 Å². The molecule has 0 N–H and O–H groups in total. The Bertz CT molecular complexity index is 420. The Kier molecular flexibility index (Phi) is 4.21. The Morgan fingerprint density at radius 3 is 2.75 bits per heavy atom. The monoisotopic (exact) mass is 245 g/mol. The van der Waals surface area contributed by atoms with E-state index in [1.54, 1.807) is 0 Å². The minimum atomic E-state index is -0.643. The fourth-order valence-electron chi connectivity index (χ4n) is 1.10. The van der Waals surface area contributed by atoms with Gasteiger partial charge in [-0.25, -0.2) is 0 Å². The van der Waals surface area contributed by atoms with Crippen molar-refractivity contribution in [3.8, 4) is 5.75 Å². The van der Waals surface area contributed by atoms with E-state index >= 15 is 0 Å². The van der Waals surface area contributed by atoms with Gasteiger partial charge in [-0.05, 0) is 11.6 Å². The van der Waals surface area contributed by atoms with Crippen molar-refractivity contribution >= 4 is 23.5 Å². The molecule has 0 saturated carbocycles. The molecule has 0 aliphatic rings. The van der Waals surface area contributed by atoms with E-state index in [0.29, 0.717) is 5.56 Å². The Balaban J connectivity index is 3.08. The molecule has 0 aliphatic carbocycles. The Labute approximate surface area is 96.0 Å². The topological polar surface area (TPSA) is 78.7 Å². The highest BCUT2D eigenvalue weighted by Crippen LogP contribution is 2.28. The molecule has 16 heavy (non-hydrogen) atoms. The van der Waals surface area contributed by atoms with Crippen molar-refractivity contribution in [2.45, 2.75) is 13.5 Å². The third-order valence-electron chi connectivity index (χ3n) is 1.69. The summed E-state index contributed by atoms with van der Waals surface area (Å²) < 4.78 is 9.01. The van der Waals surface area contributed by atoms with E-state index < -0.39 is 10.9 Å². The zero-order chi connectivity index (χ0) is 12.1. The Morgan fingerprint density at radius 1 is 1.56 bits per heavy atom. The molecule has 1 aromatic carbocycles. The van der Waals surface area contributed by atoms with E-state index in [0.717, 1.165) is 0 Å². The van der Waals surface area contributed by atoms with Crippen LogP contribution in [0.4, 0.5) is 5.69 Å². The maximum atomic E-state index is 10.7. The number of carbonyl (C=O) groups is 1. The number of rotatable bonds is 4. The lowest BCUT2D eigenvalue weighted by Crippen LogP contribution is -2.04. The Hall–Kier alpha value is -1.66. The number of nitrogens with zero attached hydrogens (tertiary/aromatic N) is 1. The fourth-order valence-corrected chi connectivity index (χ4v) is 1.23. The van der Waals surface area contributed by atoms with Gasteiger partial charge in [-0.3, -0.25) is 19.2 Å². The highest BCUT2D eigenvalue weighted by molar-refractivity contribution is 6.07. The predicted octanol–water partition coefficient (Wildman–Crippen LogP) is 2.19. The summed E-state index contributed by atoms with van der Waals surface area (Å²) in [5.41, 5.74) is 0.207. The summed E-state index contributed by atoms with van der Waals surface area (Å²) in [7, 11) is 0. The number of hydrogen-bond acceptors (Lipinski definition) is 5. The number of nitro groups is 1. The van der Waals surface area contributed by atoms with E-state index in [9.17, 15) is 14.9 Å². The number of nitro benzene ring substituents is 1. The molecule has 0 radical (unpaired) electrons. The lowest BCUT2D eigenvalue weighted by molar-refractivity contribution is -0.385. The molecule has 0 atom stereocenters. The molecule has 0 amide bonds. The van der Waals surface area contributed by atoms with E-state index in [4.69, 9.17) is 11.9 Å². The number of halogens is 1. The Morgan fingerprint density at radius 2 is 2.25 bits per heavy atom. The largest absolute Gasteiger partial charge is 0.419 e. The van der Waals surface area contributed by atoms with Gasteiger partial charge in [0.2, 0.25) is 5.75 Å². The zero-order valence-electron chi connectivity index (χ0n) is 8.31. The predicted molar refractivity (Wildman–Crippen MR) is 55.0 cm³/mol. The summed E-state index contributed by atoms with van der Waals surface area (Å²) >= 11 is 5.04. The maximum absolute atomic E-state index is 10.7. The van der Waals surface area contributed by atoms with Crippen molar-refractivity contribution in [1.29, 1.82) is 0 Å².